The van der Waals surface area contributed by atoms with Gasteiger partial charge in [-0.3, -0.25) is 9.59 Å². The predicted molar refractivity (Wildman–Crippen MR) is 65.1 cm³/mol. The zero-order valence-corrected chi connectivity index (χ0v) is 10.5. The van der Waals surface area contributed by atoms with Gasteiger partial charge in [0.1, 0.15) is 0 Å². The van der Waals surface area contributed by atoms with Crippen LogP contribution < -0.4 is 11.1 Å². The Morgan fingerprint density at radius 2 is 1.75 bits per heavy atom. The van der Waals surface area contributed by atoms with Crippen molar-refractivity contribution < 1.29 is 27.9 Å². The summed E-state index contributed by atoms with van der Waals surface area (Å²) in [6, 6.07) is 5.40. The molecule has 20 heavy (non-hydrogen) atoms. The van der Waals surface area contributed by atoms with Crippen LogP contribution in [0.2, 0.25) is 0 Å². The number of rotatable bonds is 4. The number of nitrogens with one attached hydrogen (secondary N) is 1. The van der Waals surface area contributed by atoms with Gasteiger partial charge in [0.2, 0.25) is 0 Å². The first-order valence-corrected chi connectivity index (χ1v) is 5.52. The normalized spacial score (nSPS) is 14.4. The van der Waals surface area contributed by atoms with E-state index in [2.05, 4.69) is 0 Å². The number of carboxylic acids is 1. The summed E-state index contributed by atoms with van der Waals surface area (Å²) in [7, 11) is 0. The summed E-state index contributed by atoms with van der Waals surface area (Å²) in [5.74, 6) is -2.43. The van der Waals surface area contributed by atoms with E-state index in [4.69, 9.17) is 10.8 Å². The molecule has 1 rings (SSSR count). The lowest BCUT2D eigenvalue weighted by Crippen LogP contribution is -2.59. The van der Waals surface area contributed by atoms with Crippen molar-refractivity contribution in [2.45, 2.75) is 25.1 Å². The number of amides is 1. The highest BCUT2D eigenvalue weighted by atomic mass is 19.4. The molecule has 1 atom stereocenters. The molecule has 4 N–H and O–H groups in total. The van der Waals surface area contributed by atoms with Gasteiger partial charge in [-0.05, 0) is 24.6 Å². The highest BCUT2D eigenvalue weighted by molar-refractivity contribution is 5.98. The zero-order valence-electron chi connectivity index (χ0n) is 10.5. The molecule has 0 radical (unpaired) electrons. The summed E-state index contributed by atoms with van der Waals surface area (Å²) in [5, 5.41) is 10.6. The van der Waals surface area contributed by atoms with E-state index in [0.717, 1.165) is 0 Å². The Kier molecular flexibility index (Phi) is 4.39. The van der Waals surface area contributed by atoms with Gasteiger partial charge in [0.05, 0.1) is 6.42 Å². The number of carbonyl (C=O) groups is 2. The minimum absolute atomic E-state index is 0.102. The number of hydrogen-bond donors (Lipinski definition) is 3. The van der Waals surface area contributed by atoms with E-state index >= 15 is 0 Å². The van der Waals surface area contributed by atoms with E-state index in [1.54, 1.807) is 0 Å². The van der Waals surface area contributed by atoms with Crippen LogP contribution in [0, 0.1) is 0 Å². The monoisotopic (exact) mass is 290 g/mol. The van der Waals surface area contributed by atoms with Crippen LogP contribution in [0.15, 0.2) is 24.3 Å². The minimum atomic E-state index is -4.87. The summed E-state index contributed by atoms with van der Waals surface area (Å²) in [5.41, 5.74) is 2.52. The molecule has 0 heterocycles. The van der Waals surface area contributed by atoms with Gasteiger partial charge < -0.3 is 16.2 Å². The molecule has 0 spiro atoms. The van der Waals surface area contributed by atoms with Crippen molar-refractivity contribution in [2.75, 3.05) is 5.32 Å². The maximum absolute atomic E-state index is 12.5. The number of aliphatic carboxylic acids is 1. The second-order valence-electron chi connectivity index (χ2n) is 4.42. The summed E-state index contributed by atoms with van der Waals surface area (Å²) in [6.07, 6.45) is -5.09. The Labute approximate surface area is 112 Å². The van der Waals surface area contributed by atoms with E-state index in [1.807, 2.05) is 5.32 Å². The average molecular weight is 290 g/mol. The molecule has 5 nitrogen and oxygen atoms in total. The summed E-state index contributed by atoms with van der Waals surface area (Å²) >= 11 is 0. The highest BCUT2D eigenvalue weighted by Gasteiger charge is 2.53. The second-order valence-corrected chi connectivity index (χ2v) is 4.42. The summed E-state index contributed by atoms with van der Waals surface area (Å²) < 4.78 is 37.6. The molecule has 0 aromatic heterocycles. The van der Waals surface area contributed by atoms with Crippen molar-refractivity contribution in [2.24, 2.45) is 5.73 Å². The predicted octanol–water partition coefficient (Wildman–Crippen LogP) is 1.53. The van der Waals surface area contributed by atoms with Crippen molar-refractivity contribution in [3.8, 4) is 0 Å². The van der Waals surface area contributed by atoms with Gasteiger partial charge in [0, 0.05) is 5.69 Å². The number of hydrogen-bond acceptors (Lipinski definition) is 3. The smallest absolute Gasteiger partial charge is 0.415 e. The Morgan fingerprint density at radius 1 is 1.25 bits per heavy atom. The van der Waals surface area contributed by atoms with Crippen molar-refractivity contribution in [3.05, 3.63) is 29.8 Å². The molecule has 0 aliphatic carbocycles. The van der Waals surface area contributed by atoms with Crippen LogP contribution in [-0.2, 0) is 16.0 Å². The van der Waals surface area contributed by atoms with Crippen LogP contribution in [0.25, 0.3) is 0 Å². The minimum Gasteiger partial charge on any atom is -0.481 e. The number of alkyl halides is 3. The van der Waals surface area contributed by atoms with Gasteiger partial charge in [-0.25, -0.2) is 0 Å². The SMILES string of the molecule is CC(N)(C(=O)Nc1ccc(CC(=O)O)cc1)C(F)(F)F. The average Bonchev–Trinajstić information content (AvgIpc) is 2.29. The molecule has 1 unspecified atom stereocenters. The molecule has 0 aliphatic heterocycles. The van der Waals surface area contributed by atoms with Gasteiger partial charge in [0.15, 0.2) is 5.54 Å². The Balaban J connectivity index is 2.79. The van der Waals surface area contributed by atoms with Gasteiger partial charge in [0.25, 0.3) is 5.91 Å². The molecule has 0 saturated heterocycles. The van der Waals surface area contributed by atoms with Gasteiger partial charge in [-0.15, -0.1) is 0 Å². The fraction of sp³-hybridized carbons (Fsp3) is 0.333. The fourth-order valence-corrected chi connectivity index (χ4v) is 1.27. The molecule has 0 fully saturated rings. The fourth-order valence-electron chi connectivity index (χ4n) is 1.27. The maximum Gasteiger partial charge on any atom is 0.415 e. The molecular formula is C12H13F3N2O3. The molecule has 8 heteroatoms. The van der Waals surface area contributed by atoms with Crippen LogP contribution in [0.1, 0.15) is 12.5 Å². The third-order valence-corrected chi connectivity index (χ3v) is 2.63. The Hall–Kier alpha value is -2.09. The van der Waals surface area contributed by atoms with Crippen molar-refractivity contribution in [1.29, 1.82) is 0 Å². The lowest BCUT2D eigenvalue weighted by Gasteiger charge is -2.26. The molecule has 0 saturated carbocycles. The molecule has 0 aliphatic rings. The molecule has 1 aromatic rings. The summed E-state index contributed by atoms with van der Waals surface area (Å²) in [6.45, 7) is 0.571. The van der Waals surface area contributed by atoms with E-state index in [-0.39, 0.29) is 12.1 Å². The first kappa shape index (κ1) is 16.0. The number of halogens is 3. The second kappa shape index (κ2) is 5.49. The van der Waals surface area contributed by atoms with E-state index < -0.39 is 23.6 Å². The standard InChI is InChI=1S/C12H13F3N2O3/c1-11(16,12(13,14)15)10(20)17-8-4-2-7(3-5-8)6-9(18)19/h2-5H,6,16H2,1H3,(H,17,20)(H,18,19). The molecule has 1 amide bonds. The largest absolute Gasteiger partial charge is 0.481 e. The number of carbonyl (C=O) groups excluding carboxylic acids is 1. The number of benzene rings is 1. The third-order valence-electron chi connectivity index (χ3n) is 2.63. The first-order chi connectivity index (χ1) is 9.04. The molecule has 0 bridgehead atoms. The third kappa shape index (κ3) is 3.70. The molecular weight excluding hydrogens is 277 g/mol. The molecule has 1 aromatic carbocycles. The van der Waals surface area contributed by atoms with E-state index in [1.165, 1.54) is 24.3 Å². The van der Waals surface area contributed by atoms with E-state index in [9.17, 15) is 22.8 Å². The van der Waals surface area contributed by atoms with Crippen LogP contribution in [0.3, 0.4) is 0 Å². The first-order valence-electron chi connectivity index (χ1n) is 5.52. The lowest BCUT2D eigenvalue weighted by molar-refractivity contribution is -0.184. The van der Waals surface area contributed by atoms with Crippen LogP contribution >= 0.6 is 0 Å². The number of carboxylic acid groups (broad SMARTS) is 1. The lowest BCUT2D eigenvalue weighted by atomic mass is 10.0. The topological polar surface area (TPSA) is 92.4 Å². The van der Waals surface area contributed by atoms with Gasteiger partial charge in [-0.1, -0.05) is 12.1 Å². The molecule has 110 valence electrons. The highest BCUT2D eigenvalue weighted by Crippen LogP contribution is 2.29. The summed E-state index contributed by atoms with van der Waals surface area (Å²) in [4.78, 5) is 22.0. The Bertz CT molecular complexity index is 510. The van der Waals surface area contributed by atoms with Crippen molar-refractivity contribution >= 4 is 17.6 Å². The zero-order chi connectivity index (χ0) is 15.6. The van der Waals surface area contributed by atoms with Crippen molar-refractivity contribution in [3.63, 3.8) is 0 Å². The van der Waals surface area contributed by atoms with Crippen LogP contribution in [0.5, 0.6) is 0 Å². The van der Waals surface area contributed by atoms with Gasteiger partial charge in [-0.2, -0.15) is 13.2 Å². The van der Waals surface area contributed by atoms with Crippen LogP contribution in [-0.4, -0.2) is 28.7 Å². The quantitative estimate of drug-likeness (QED) is 0.784. The Morgan fingerprint density at radius 3 is 2.15 bits per heavy atom. The van der Waals surface area contributed by atoms with Gasteiger partial charge >= 0.3 is 12.1 Å². The van der Waals surface area contributed by atoms with E-state index in [0.29, 0.717) is 12.5 Å². The van der Waals surface area contributed by atoms with Crippen molar-refractivity contribution in [1.82, 2.24) is 0 Å². The number of nitrogens with two attached hydrogens (primary N) is 1. The number of anilines is 1. The van der Waals surface area contributed by atoms with Crippen LogP contribution in [0.4, 0.5) is 18.9 Å². The maximum atomic E-state index is 12.5.